The smallest absolute Gasteiger partial charge is 0.307 e. The van der Waals surface area contributed by atoms with E-state index in [2.05, 4.69) is 15.5 Å². The molecule has 0 saturated heterocycles. The van der Waals surface area contributed by atoms with E-state index in [1.54, 1.807) is 7.05 Å². The Kier molecular flexibility index (Phi) is 3.11. The topological polar surface area (TPSA) is 75.1 Å². The van der Waals surface area contributed by atoms with E-state index in [9.17, 15) is 4.79 Å². The maximum absolute atomic E-state index is 10.8. The molecule has 1 aromatic heterocycles. The number of anilines is 1. The molecule has 1 heterocycles. The van der Waals surface area contributed by atoms with Crippen LogP contribution in [0, 0.1) is 5.92 Å². The zero-order valence-corrected chi connectivity index (χ0v) is 9.77. The van der Waals surface area contributed by atoms with Crippen molar-refractivity contribution >= 4 is 34.2 Å². The summed E-state index contributed by atoms with van der Waals surface area (Å²) in [6, 6.07) is 0. The van der Waals surface area contributed by atoms with Gasteiger partial charge >= 0.3 is 5.97 Å². The van der Waals surface area contributed by atoms with E-state index in [0.717, 1.165) is 22.3 Å². The molecule has 1 aliphatic carbocycles. The number of rotatable bonds is 4. The molecule has 2 N–H and O–H groups in total. The van der Waals surface area contributed by atoms with Gasteiger partial charge in [-0.05, 0) is 12.8 Å². The van der Waals surface area contributed by atoms with Crippen LogP contribution in [0.15, 0.2) is 4.34 Å². The average Bonchev–Trinajstić information content (AvgIpc) is 2.59. The number of nitrogens with zero attached hydrogens (tertiary/aromatic N) is 2. The van der Waals surface area contributed by atoms with Crippen LogP contribution in [-0.2, 0) is 4.79 Å². The molecule has 82 valence electrons. The Morgan fingerprint density at radius 2 is 2.40 bits per heavy atom. The van der Waals surface area contributed by atoms with Gasteiger partial charge in [0, 0.05) is 12.3 Å². The van der Waals surface area contributed by atoms with Crippen molar-refractivity contribution in [2.24, 2.45) is 5.92 Å². The quantitative estimate of drug-likeness (QED) is 0.838. The summed E-state index contributed by atoms with van der Waals surface area (Å²) in [6.45, 7) is 0. The number of nitrogens with one attached hydrogen (secondary N) is 1. The van der Waals surface area contributed by atoms with Crippen molar-refractivity contribution in [3.63, 3.8) is 0 Å². The third kappa shape index (κ3) is 2.23. The highest BCUT2D eigenvalue weighted by atomic mass is 32.2. The molecule has 1 aliphatic rings. The predicted molar refractivity (Wildman–Crippen MR) is 59.5 cm³/mol. The predicted octanol–water partition coefficient (Wildman–Crippen LogP) is 1.54. The molecule has 2 rings (SSSR count). The van der Waals surface area contributed by atoms with E-state index < -0.39 is 5.97 Å². The average molecular weight is 245 g/mol. The highest BCUT2D eigenvalue weighted by molar-refractivity contribution is 8.01. The van der Waals surface area contributed by atoms with Crippen LogP contribution in [0.4, 0.5) is 5.13 Å². The van der Waals surface area contributed by atoms with Crippen molar-refractivity contribution in [2.75, 3.05) is 12.4 Å². The second-order valence-electron chi connectivity index (χ2n) is 3.30. The van der Waals surface area contributed by atoms with E-state index in [1.165, 1.54) is 23.1 Å². The van der Waals surface area contributed by atoms with Gasteiger partial charge in [0.25, 0.3) is 0 Å². The Morgan fingerprint density at radius 1 is 1.60 bits per heavy atom. The van der Waals surface area contributed by atoms with E-state index >= 15 is 0 Å². The van der Waals surface area contributed by atoms with Gasteiger partial charge in [0.2, 0.25) is 5.13 Å². The molecule has 0 amide bonds. The highest BCUT2D eigenvalue weighted by Crippen LogP contribution is 2.42. The van der Waals surface area contributed by atoms with Crippen LogP contribution >= 0.6 is 23.1 Å². The fourth-order valence-electron chi connectivity index (χ4n) is 1.38. The Bertz CT molecular complexity index is 369. The third-order valence-electron chi connectivity index (χ3n) is 2.40. The number of carboxylic acid groups (broad SMARTS) is 1. The van der Waals surface area contributed by atoms with Crippen LogP contribution < -0.4 is 5.32 Å². The minimum atomic E-state index is -0.697. The van der Waals surface area contributed by atoms with Crippen LogP contribution in [0.3, 0.4) is 0 Å². The zero-order valence-electron chi connectivity index (χ0n) is 8.14. The molecule has 0 aliphatic heterocycles. The summed E-state index contributed by atoms with van der Waals surface area (Å²) in [6.07, 6.45) is 1.74. The molecular weight excluding hydrogens is 234 g/mol. The van der Waals surface area contributed by atoms with Gasteiger partial charge in [0.05, 0.1) is 5.92 Å². The number of carboxylic acids is 1. The van der Waals surface area contributed by atoms with Crippen molar-refractivity contribution in [3.05, 3.63) is 0 Å². The van der Waals surface area contributed by atoms with Crippen LogP contribution in [0.2, 0.25) is 0 Å². The molecule has 15 heavy (non-hydrogen) atoms. The number of carbonyl (C=O) groups is 1. The van der Waals surface area contributed by atoms with Gasteiger partial charge in [0.15, 0.2) is 4.34 Å². The summed E-state index contributed by atoms with van der Waals surface area (Å²) in [4.78, 5) is 10.8. The molecule has 0 bridgehead atoms. The Hall–Kier alpha value is -0.820. The van der Waals surface area contributed by atoms with Gasteiger partial charge in [-0.15, -0.1) is 10.2 Å². The lowest BCUT2D eigenvalue weighted by atomic mass is 9.85. The van der Waals surface area contributed by atoms with Gasteiger partial charge in [-0.25, -0.2) is 0 Å². The normalized spacial score (nSPS) is 24.6. The summed E-state index contributed by atoms with van der Waals surface area (Å²) in [5.74, 6) is -0.908. The standard InChI is InChI=1S/C8H11N3O2S2/c1-9-7-10-11-8(15-7)14-5-3-2-4(5)6(12)13/h4-5H,2-3H2,1H3,(H,9,10)(H,12,13). The molecule has 0 radical (unpaired) electrons. The van der Waals surface area contributed by atoms with E-state index in [0.29, 0.717) is 0 Å². The van der Waals surface area contributed by atoms with Gasteiger partial charge < -0.3 is 10.4 Å². The summed E-state index contributed by atoms with van der Waals surface area (Å²) in [5, 5.41) is 20.6. The molecule has 0 spiro atoms. The lowest BCUT2D eigenvalue weighted by Gasteiger charge is -2.31. The molecule has 7 heteroatoms. The van der Waals surface area contributed by atoms with Crippen LogP contribution in [0.25, 0.3) is 0 Å². The summed E-state index contributed by atoms with van der Waals surface area (Å²) >= 11 is 2.99. The first-order chi connectivity index (χ1) is 7.20. The van der Waals surface area contributed by atoms with Crippen molar-refractivity contribution in [3.8, 4) is 0 Å². The molecule has 2 unspecified atom stereocenters. The SMILES string of the molecule is CNc1nnc(SC2CCC2C(=O)O)s1. The summed E-state index contributed by atoms with van der Waals surface area (Å²) < 4.78 is 0.843. The zero-order chi connectivity index (χ0) is 10.8. The lowest BCUT2D eigenvalue weighted by molar-refractivity contribution is -0.144. The summed E-state index contributed by atoms with van der Waals surface area (Å²) in [5.41, 5.74) is 0. The summed E-state index contributed by atoms with van der Waals surface area (Å²) in [7, 11) is 1.79. The molecule has 1 saturated carbocycles. The highest BCUT2D eigenvalue weighted by Gasteiger charge is 2.37. The van der Waals surface area contributed by atoms with Gasteiger partial charge in [0.1, 0.15) is 0 Å². The minimum Gasteiger partial charge on any atom is -0.481 e. The molecule has 1 aromatic rings. The van der Waals surface area contributed by atoms with Crippen molar-refractivity contribution in [1.82, 2.24) is 10.2 Å². The molecule has 5 nitrogen and oxygen atoms in total. The van der Waals surface area contributed by atoms with Crippen molar-refractivity contribution < 1.29 is 9.90 Å². The first-order valence-electron chi connectivity index (χ1n) is 4.61. The first kappa shape index (κ1) is 10.7. The van der Waals surface area contributed by atoms with Crippen LogP contribution in [0.5, 0.6) is 0 Å². The van der Waals surface area contributed by atoms with Gasteiger partial charge in [-0.1, -0.05) is 23.1 Å². The van der Waals surface area contributed by atoms with E-state index in [-0.39, 0.29) is 11.2 Å². The van der Waals surface area contributed by atoms with Crippen molar-refractivity contribution in [2.45, 2.75) is 22.4 Å². The molecular formula is C8H11N3O2S2. The van der Waals surface area contributed by atoms with Gasteiger partial charge in [-0.3, -0.25) is 4.79 Å². The number of aliphatic carboxylic acids is 1. The van der Waals surface area contributed by atoms with E-state index in [4.69, 9.17) is 5.11 Å². The Morgan fingerprint density at radius 3 is 2.87 bits per heavy atom. The monoisotopic (exact) mass is 245 g/mol. The number of hydrogen-bond donors (Lipinski definition) is 2. The van der Waals surface area contributed by atoms with Crippen LogP contribution in [-0.4, -0.2) is 33.6 Å². The fraction of sp³-hybridized carbons (Fsp3) is 0.625. The fourth-order valence-corrected chi connectivity index (χ4v) is 3.63. The maximum atomic E-state index is 10.8. The first-order valence-corrected chi connectivity index (χ1v) is 6.31. The lowest BCUT2D eigenvalue weighted by Crippen LogP contribution is -2.35. The third-order valence-corrected chi connectivity index (χ3v) is 4.83. The molecule has 0 aromatic carbocycles. The number of aromatic nitrogens is 2. The van der Waals surface area contributed by atoms with Crippen LogP contribution in [0.1, 0.15) is 12.8 Å². The van der Waals surface area contributed by atoms with Gasteiger partial charge in [-0.2, -0.15) is 0 Å². The van der Waals surface area contributed by atoms with E-state index in [1.807, 2.05) is 0 Å². The second kappa shape index (κ2) is 4.36. The molecule has 2 atom stereocenters. The number of hydrogen-bond acceptors (Lipinski definition) is 6. The largest absolute Gasteiger partial charge is 0.481 e. The molecule has 1 fully saturated rings. The Labute approximate surface area is 95.3 Å². The maximum Gasteiger partial charge on any atom is 0.307 e. The minimum absolute atomic E-state index is 0.167. The Balaban J connectivity index is 1.94. The van der Waals surface area contributed by atoms with Crippen molar-refractivity contribution in [1.29, 1.82) is 0 Å². The number of thioether (sulfide) groups is 1. The second-order valence-corrected chi connectivity index (χ2v) is 5.77.